The summed E-state index contributed by atoms with van der Waals surface area (Å²) in [6, 6.07) is 4.53. The predicted octanol–water partition coefficient (Wildman–Crippen LogP) is 1.91. The van der Waals surface area contributed by atoms with Crippen molar-refractivity contribution < 1.29 is 24.5 Å². The maximum Gasteiger partial charge on any atom is 0.325 e. The van der Waals surface area contributed by atoms with Gasteiger partial charge >= 0.3 is 11.9 Å². The first-order valence-electron chi connectivity index (χ1n) is 6.70. The van der Waals surface area contributed by atoms with Crippen LogP contribution < -0.4 is 10.1 Å². The molecule has 3 N–H and O–H groups in total. The number of nitrogens with one attached hydrogen (secondary N) is 1. The molecule has 0 saturated carbocycles. The Bertz CT molecular complexity index is 483. The Kier molecular flexibility index (Phi) is 6.17. The van der Waals surface area contributed by atoms with Gasteiger partial charge in [0.25, 0.3) is 0 Å². The van der Waals surface area contributed by atoms with Gasteiger partial charge in [-0.2, -0.15) is 0 Å². The van der Waals surface area contributed by atoms with E-state index in [1.165, 1.54) is 7.11 Å². The van der Waals surface area contributed by atoms with Crippen molar-refractivity contribution in [1.82, 2.24) is 5.32 Å². The fraction of sp³-hybridized carbons (Fsp3) is 0.467. The normalized spacial score (nSPS) is 13.7. The summed E-state index contributed by atoms with van der Waals surface area (Å²) in [6.45, 7) is 3.78. The van der Waals surface area contributed by atoms with E-state index in [1.807, 2.05) is 13.8 Å². The average Bonchev–Trinajstić information content (AvgIpc) is 2.42. The molecular formula is C15H21NO5. The molecule has 0 aliphatic heterocycles. The van der Waals surface area contributed by atoms with Crippen LogP contribution in [0.25, 0.3) is 0 Å². The first-order chi connectivity index (χ1) is 9.85. The van der Waals surface area contributed by atoms with E-state index in [2.05, 4.69) is 5.32 Å². The third-order valence-corrected chi connectivity index (χ3v) is 3.07. The van der Waals surface area contributed by atoms with Gasteiger partial charge in [0.15, 0.2) is 0 Å². The lowest BCUT2D eigenvalue weighted by Crippen LogP contribution is -2.42. The molecule has 1 rings (SSSR count). The summed E-state index contributed by atoms with van der Waals surface area (Å²) in [7, 11) is 1.52. The SMILES string of the molecule is COc1ccc(C(N[C@@H](CC(C)C)C(=O)O)C(=O)O)cc1. The van der Waals surface area contributed by atoms with Crippen molar-refractivity contribution >= 4 is 11.9 Å². The fourth-order valence-corrected chi connectivity index (χ4v) is 2.02. The molecule has 0 amide bonds. The fourth-order valence-electron chi connectivity index (χ4n) is 2.02. The summed E-state index contributed by atoms with van der Waals surface area (Å²) >= 11 is 0. The second kappa shape index (κ2) is 7.64. The standard InChI is InChI=1S/C15H21NO5/c1-9(2)8-12(14(17)18)16-13(15(19)20)10-4-6-11(21-3)7-5-10/h4-7,9,12-13,16H,8H2,1-3H3,(H,17,18)(H,19,20)/t12-,13?/m0/s1. The lowest BCUT2D eigenvalue weighted by molar-refractivity contribution is -0.143. The van der Waals surface area contributed by atoms with Gasteiger partial charge in [-0.15, -0.1) is 0 Å². The van der Waals surface area contributed by atoms with Gasteiger partial charge < -0.3 is 14.9 Å². The van der Waals surface area contributed by atoms with E-state index < -0.39 is 24.0 Å². The summed E-state index contributed by atoms with van der Waals surface area (Å²) in [5, 5.41) is 21.2. The molecule has 0 fully saturated rings. The molecule has 21 heavy (non-hydrogen) atoms. The Morgan fingerprint density at radius 1 is 1.14 bits per heavy atom. The van der Waals surface area contributed by atoms with E-state index in [0.29, 0.717) is 17.7 Å². The minimum absolute atomic E-state index is 0.143. The quantitative estimate of drug-likeness (QED) is 0.678. The van der Waals surface area contributed by atoms with Gasteiger partial charge in [0.05, 0.1) is 7.11 Å². The zero-order valence-electron chi connectivity index (χ0n) is 12.4. The van der Waals surface area contributed by atoms with E-state index in [1.54, 1.807) is 24.3 Å². The largest absolute Gasteiger partial charge is 0.497 e. The van der Waals surface area contributed by atoms with Crippen LogP contribution in [-0.2, 0) is 9.59 Å². The van der Waals surface area contributed by atoms with Crippen molar-refractivity contribution in [1.29, 1.82) is 0 Å². The molecule has 0 saturated heterocycles. The molecule has 0 aliphatic rings. The molecule has 0 radical (unpaired) electrons. The van der Waals surface area contributed by atoms with Crippen LogP contribution in [-0.4, -0.2) is 35.3 Å². The highest BCUT2D eigenvalue weighted by Gasteiger charge is 2.27. The summed E-state index contributed by atoms with van der Waals surface area (Å²) in [4.78, 5) is 22.7. The molecule has 116 valence electrons. The van der Waals surface area contributed by atoms with Gasteiger partial charge in [0.2, 0.25) is 0 Å². The van der Waals surface area contributed by atoms with Crippen molar-refractivity contribution in [3.05, 3.63) is 29.8 Å². The summed E-state index contributed by atoms with van der Waals surface area (Å²) < 4.78 is 5.02. The number of aliphatic carboxylic acids is 2. The van der Waals surface area contributed by atoms with Gasteiger partial charge in [-0.3, -0.25) is 14.9 Å². The first-order valence-corrected chi connectivity index (χ1v) is 6.70. The Hall–Kier alpha value is -2.08. The van der Waals surface area contributed by atoms with Crippen LogP contribution >= 0.6 is 0 Å². The zero-order valence-corrected chi connectivity index (χ0v) is 12.4. The molecule has 1 aromatic carbocycles. The smallest absolute Gasteiger partial charge is 0.325 e. The predicted molar refractivity (Wildman–Crippen MR) is 77.4 cm³/mol. The number of rotatable bonds is 8. The highest BCUT2D eigenvalue weighted by molar-refractivity contribution is 5.78. The summed E-state index contributed by atoms with van der Waals surface area (Å²) in [5.41, 5.74) is 0.485. The third kappa shape index (κ3) is 5.07. The number of ether oxygens (including phenoxy) is 1. The van der Waals surface area contributed by atoms with Crippen molar-refractivity contribution in [2.75, 3.05) is 7.11 Å². The van der Waals surface area contributed by atoms with E-state index in [-0.39, 0.29) is 5.92 Å². The monoisotopic (exact) mass is 295 g/mol. The molecule has 0 bridgehead atoms. The molecule has 1 unspecified atom stereocenters. The van der Waals surface area contributed by atoms with E-state index >= 15 is 0 Å². The van der Waals surface area contributed by atoms with Gasteiger partial charge in [0.1, 0.15) is 17.8 Å². The third-order valence-electron chi connectivity index (χ3n) is 3.07. The van der Waals surface area contributed by atoms with E-state index in [4.69, 9.17) is 4.74 Å². The molecule has 0 aliphatic carbocycles. The Labute approximate surface area is 123 Å². The van der Waals surface area contributed by atoms with Crippen LogP contribution in [0.4, 0.5) is 0 Å². The highest BCUT2D eigenvalue weighted by atomic mass is 16.5. The lowest BCUT2D eigenvalue weighted by Gasteiger charge is -2.22. The number of methoxy groups -OCH3 is 1. The summed E-state index contributed by atoms with van der Waals surface area (Å²) in [5.74, 6) is -1.41. The van der Waals surface area contributed by atoms with E-state index in [0.717, 1.165) is 0 Å². The van der Waals surface area contributed by atoms with Gasteiger partial charge in [-0.1, -0.05) is 26.0 Å². The highest BCUT2D eigenvalue weighted by Crippen LogP contribution is 2.19. The molecule has 2 atom stereocenters. The maximum absolute atomic E-state index is 11.4. The number of carboxylic acid groups (broad SMARTS) is 2. The molecular weight excluding hydrogens is 274 g/mol. The number of benzene rings is 1. The second-order valence-electron chi connectivity index (χ2n) is 5.23. The number of hydrogen-bond acceptors (Lipinski definition) is 4. The number of hydrogen-bond donors (Lipinski definition) is 3. The molecule has 0 heterocycles. The minimum Gasteiger partial charge on any atom is -0.497 e. The van der Waals surface area contributed by atoms with Crippen molar-refractivity contribution in [2.24, 2.45) is 5.92 Å². The van der Waals surface area contributed by atoms with Gasteiger partial charge in [-0.05, 0) is 30.0 Å². The van der Waals surface area contributed by atoms with Gasteiger partial charge in [-0.25, -0.2) is 0 Å². The van der Waals surface area contributed by atoms with Crippen molar-refractivity contribution in [3.63, 3.8) is 0 Å². The van der Waals surface area contributed by atoms with Crippen LogP contribution in [0.1, 0.15) is 31.9 Å². The van der Waals surface area contributed by atoms with Crippen LogP contribution in [0, 0.1) is 5.92 Å². The summed E-state index contributed by atoms with van der Waals surface area (Å²) in [6.07, 6.45) is 0.356. The molecule has 0 spiro atoms. The van der Waals surface area contributed by atoms with E-state index in [9.17, 15) is 19.8 Å². The molecule has 6 heteroatoms. The maximum atomic E-state index is 11.4. The Morgan fingerprint density at radius 2 is 1.71 bits per heavy atom. The van der Waals surface area contributed by atoms with Crippen molar-refractivity contribution in [3.8, 4) is 5.75 Å². The van der Waals surface area contributed by atoms with Crippen molar-refractivity contribution in [2.45, 2.75) is 32.4 Å². The number of carboxylic acids is 2. The first kappa shape index (κ1) is 17.0. The molecule has 0 aromatic heterocycles. The molecule has 6 nitrogen and oxygen atoms in total. The zero-order chi connectivity index (χ0) is 16.0. The molecule has 1 aromatic rings. The second-order valence-corrected chi connectivity index (χ2v) is 5.23. The Morgan fingerprint density at radius 3 is 2.10 bits per heavy atom. The number of carbonyl (C=O) groups is 2. The Balaban J connectivity index is 2.94. The topological polar surface area (TPSA) is 95.9 Å². The van der Waals surface area contributed by atoms with Crippen LogP contribution in [0.2, 0.25) is 0 Å². The average molecular weight is 295 g/mol. The minimum atomic E-state index is -1.12. The lowest BCUT2D eigenvalue weighted by atomic mass is 10.0. The van der Waals surface area contributed by atoms with Gasteiger partial charge in [0, 0.05) is 0 Å². The van der Waals surface area contributed by atoms with Crippen LogP contribution in [0.15, 0.2) is 24.3 Å². The van der Waals surface area contributed by atoms with Crippen LogP contribution in [0.5, 0.6) is 5.75 Å². The van der Waals surface area contributed by atoms with Crippen LogP contribution in [0.3, 0.4) is 0 Å².